The van der Waals surface area contributed by atoms with Crippen molar-refractivity contribution in [2.24, 2.45) is 0 Å². The molecule has 0 saturated carbocycles. The summed E-state index contributed by atoms with van der Waals surface area (Å²) in [7, 11) is -11.2. The Morgan fingerprint density at radius 3 is 2.11 bits per heavy atom. The molecule has 11 atom stereocenters. The highest BCUT2D eigenvalue weighted by atomic mass is 31.3. The molecule has 2 saturated heterocycles. The fraction of sp³-hybridized carbons (Fsp3) is 0.562. The van der Waals surface area contributed by atoms with E-state index in [9.17, 15) is 54.0 Å². The molecule has 2 aliphatic rings. The van der Waals surface area contributed by atoms with Crippen molar-refractivity contribution in [1.29, 1.82) is 0 Å². The van der Waals surface area contributed by atoms with Crippen molar-refractivity contribution in [2.75, 3.05) is 52.9 Å². The predicted molar refractivity (Wildman–Crippen MR) is 188 cm³/mol. The molecule has 2 aliphatic heterocycles. The highest BCUT2D eigenvalue weighted by Crippen LogP contribution is 2.61. The second-order valence-corrected chi connectivity index (χ2v) is 15.5. The van der Waals surface area contributed by atoms with Crippen molar-refractivity contribution < 1.29 is 86.2 Å². The van der Waals surface area contributed by atoms with Crippen LogP contribution in [-0.2, 0) is 57.5 Å². The van der Waals surface area contributed by atoms with Crippen molar-refractivity contribution in [2.45, 2.75) is 61.9 Å². The lowest BCUT2D eigenvalue weighted by atomic mass is 9.99. The monoisotopic (exact) mass is 838 g/mol. The van der Waals surface area contributed by atoms with Crippen LogP contribution in [0.4, 0.5) is 0 Å². The van der Waals surface area contributed by atoms with Gasteiger partial charge < -0.3 is 63.7 Å². The number of phosphoric ester groups is 2. The average molecular weight is 839 g/mol. The first kappa shape index (κ1) is 44.3. The van der Waals surface area contributed by atoms with Gasteiger partial charge in [-0.3, -0.25) is 23.4 Å². The molecule has 0 radical (unpaired) electrons. The van der Waals surface area contributed by atoms with Crippen LogP contribution in [0.15, 0.2) is 64.3 Å². The number of H-pyrrole nitrogens is 1. The zero-order valence-corrected chi connectivity index (χ0v) is 31.3. The van der Waals surface area contributed by atoms with Gasteiger partial charge in [0, 0.05) is 12.3 Å². The van der Waals surface area contributed by atoms with E-state index in [-0.39, 0.29) is 26.4 Å². The topological polar surface area (TPSA) is 314 Å². The molecule has 0 amide bonds. The van der Waals surface area contributed by atoms with Gasteiger partial charge in [0.2, 0.25) is 0 Å². The van der Waals surface area contributed by atoms with Crippen LogP contribution < -0.4 is 11.2 Å². The summed E-state index contributed by atoms with van der Waals surface area (Å²) in [4.78, 5) is 45.8. The van der Waals surface area contributed by atoms with Gasteiger partial charge in [-0.2, -0.15) is 4.31 Å². The van der Waals surface area contributed by atoms with Crippen LogP contribution in [0.1, 0.15) is 11.8 Å². The Morgan fingerprint density at radius 2 is 1.41 bits per heavy atom. The van der Waals surface area contributed by atoms with Crippen LogP contribution in [0, 0.1) is 0 Å². The number of phosphoric acid groups is 2. The molecule has 8 N–H and O–H groups in total. The summed E-state index contributed by atoms with van der Waals surface area (Å²) < 4.78 is 72.7. The normalized spacial score (nSPS) is 28.9. The van der Waals surface area contributed by atoms with E-state index >= 15 is 0 Å². The zero-order valence-electron chi connectivity index (χ0n) is 29.5. The zero-order chi connectivity index (χ0) is 40.5. The van der Waals surface area contributed by atoms with Crippen LogP contribution in [0.5, 0.6) is 0 Å². The molecule has 2 aromatic carbocycles. The van der Waals surface area contributed by atoms with Crippen LogP contribution in [-0.4, -0.2) is 147 Å². The highest BCUT2D eigenvalue weighted by molar-refractivity contribution is 7.61. The predicted octanol–water partition coefficient (Wildman–Crippen LogP) is -1.37. The number of hydrogen-bond acceptors (Lipinski definition) is 18. The summed E-state index contributed by atoms with van der Waals surface area (Å²) in [6.45, 7) is -0.894. The van der Waals surface area contributed by atoms with Gasteiger partial charge in [-0.15, -0.1) is 0 Å². The summed E-state index contributed by atoms with van der Waals surface area (Å²) in [6, 6.07) is 15.0. The smallest absolute Gasteiger partial charge is 0.394 e. The molecule has 0 spiro atoms. The van der Waals surface area contributed by atoms with Crippen LogP contribution in [0.3, 0.4) is 0 Å². The van der Waals surface area contributed by atoms with E-state index in [2.05, 4.69) is 14.9 Å². The molecule has 56 heavy (non-hydrogen) atoms. The first-order chi connectivity index (χ1) is 26.7. The number of rotatable bonds is 21. The molecule has 0 aliphatic carbocycles. The van der Waals surface area contributed by atoms with Gasteiger partial charge in [0.15, 0.2) is 12.5 Å². The SMILES string of the molecule is O=c1ccn([C@@H]2O[C@H](COP(=O)(O)OP(=O)(O)O[C@H]3O[C@@H](CO)[C@H](O)[C@H](O)[C@@H]3OCCOCCOCCOCc3ccc4ccccc4c3)[C@@H](O)[C@H]2O)c(=O)[nH]1. The molecule has 22 nitrogen and oxygen atoms in total. The minimum atomic E-state index is -5.66. The van der Waals surface area contributed by atoms with Gasteiger partial charge in [-0.1, -0.05) is 36.4 Å². The number of aliphatic hydroxyl groups excluding tert-OH is 5. The number of aromatic amines is 1. The standard InChI is InChI=1S/C32H44N2O20P2/c35-16-22-25(37)27(39)29(49-14-13-47-10-9-46-11-12-48-17-19-5-6-20-3-1-2-4-21(20)15-19)31(52-22)53-56(44,45)54-55(42,43)50-18-23-26(38)28(40)30(51-23)34-8-7-24(36)33-32(34)41/h1-8,15,22-23,25-31,35,37-40H,9-14,16-18H2,(H,42,43)(H,44,45)(H,33,36,41)/t22-,23+,25-,26+,27-,28+,29-,30+,31+/m0/s1. The Balaban J connectivity index is 1.03. The number of ether oxygens (including phenoxy) is 6. The summed E-state index contributed by atoms with van der Waals surface area (Å²) in [5, 5.41) is 53.5. The van der Waals surface area contributed by atoms with E-state index in [0.717, 1.165) is 33.2 Å². The lowest BCUT2D eigenvalue weighted by molar-refractivity contribution is -0.291. The third-order valence-corrected chi connectivity index (χ3v) is 11.1. The van der Waals surface area contributed by atoms with Crippen molar-refractivity contribution in [3.05, 3.63) is 81.1 Å². The number of nitrogens with one attached hydrogen (secondary N) is 1. The molecule has 1 aromatic heterocycles. The highest BCUT2D eigenvalue weighted by Gasteiger charge is 2.50. The number of nitrogens with zero attached hydrogens (tertiary/aromatic N) is 1. The molecule has 2 unspecified atom stereocenters. The van der Waals surface area contributed by atoms with E-state index in [1.54, 1.807) is 0 Å². The molecule has 3 heterocycles. The van der Waals surface area contributed by atoms with Crippen LogP contribution in [0.2, 0.25) is 0 Å². The summed E-state index contributed by atoms with van der Waals surface area (Å²) >= 11 is 0. The Bertz CT molecular complexity index is 1930. The fourth-order valence-corrected chi connectivity index (χ4v) is 7.87. The van der Waals surface area contributed by atoms with E-state index < -0.39 is 95.4 Å². The van der Waals surface area contributed by atoms with Gasteiger partial charge in [0.1, 0.15) is 42.7 Å². The van der Waals surface area contributed by atoms with E-state index in [1.165, 1.54) is 0 Å². The minimum absolute atomic E-state index is 0.0915. The number of hydrogen-bond donors (Lipinski definition) is 8. The van der Waals surface area contributed by atoms with Gasteiger partial charge in [0.25, 0.3) is 5.56 Å². The van der Waals surface area contributed by atoms with Crippen molar-refractivity contribution in [3.8, 4) is 0 Å². The first-order valence-corrected chi connectivity index (χ1v) is 20.1. The Hall–Kier alpha value is -2.80. The Labute approximate surface area is 317 Å². The molecular weight excluding hydrogens is 794 g/mol. The molecule has 5 rings (SSSR count). The summed E-state index contributed by atoms with van der Waals surface area (Å²) in [5.74, 6) is 0. The third kappa shape index (κ3) is 12.1. The number of aromatic nitrogens is 2. The minimum Gasteiger partial charge on any atom is -0.394 e. The Kier molecular flexibility index (Phi) is 16.0. The lowest BCUT2D eigenvalue weighted by Gasteiger charge is -2.41. The molecule has 24 heteroatoms. The van der Waals surface area contributed by atoms with E-state index in [0.29, 0.717) is 19.8 Å². The second kappa shape index (κ2) is 20.3. The number of fused-ring (bicyclic) bond motifs is 1. The van der Waals surface area contributed by atoms with Crippen LogP contribution >= 0.6 is 15.6 Å². The molecular formula is C32H44N2O20P2. The molecule has 2 fully saturated rings. The largest absolute Gasteiger partial charge is 0.483 e. The number of aliphatic hydroxyl groups is 5. The quantitative estimate of drug-likeness (QED) is 0.0453. The van der Waals surface area contributed by atoms with Gasteiger partial charge in [-0.05, 0) is 22.4 Å². The van der Waals surface area contributed by atoms with Gasteiger partial charge in [-0.25, -0.2) is 13.9 Å². The fourth-order valence-electron chi connectivity index (χ4n) is 5.72. The lowest BCUT2D eigenvalue weighted by Crippen LogP contribution is -2.60. The summed E-state index contributed by atoms with van der Waals surface area (Å²) in [6.07, 6.45) is -14.7. The third-order valence-electron chi connectivity index (χ3n) is 8.50. The number of benzene rings is 2. The molecule has 3 aromatic rings. The summed E-state index contributed by atoms with van der Waals surface area (Å²) in [5.41, 5.74) is -0.721. The van der Waals surface area contributed by atoms with E-state index in [4.69, 9.17) is 32.9 Å². The second-order valence-electron chi connectivity index (χ2n) is 12.5. The molecule has 0 bridgehead atoms. The van der Waals surface area contributed by atoms with Crippen molar-refractivity contribution in [1.82, 2.24) is 9.55 Å². The van der Waals surface area contributed by atoms with Gasteiger partial charge >= 0.3 is 21.3 Å². The first-order valence-electron chi connectivity index (χ1n) is 17.2. The maximum atomic E-state index is 12.8. The maximum Gasteiger partial charge on any atom is 0.483 e. The maximum absolute atomic E-state index is 12.8. The van der Waals surface area contributed by atoms with Crippen molar-refractivity contribution in [3.63, 3.8) is 0 Å². The Morgan fingerprint density at radius 1 is 0.750 bits per heavy atom. The average Bonchev–Trinajstić information content (AvgIpc) is 3.43. The van der Waals surface area contributed by atoms with Gasteiger partial charge in [0.05, 0.1) is 59.5 Å². The van der Waals surface area contributed by atoms with Crippen molar-refractivity contribution >= 4 is 26.4 Å². The molecule has 312 valence electrons. The van der Waals surface area contributed by atoms with E-state index in [1.807, 2.05) is 41.4 Å². The van der Waals surface area contributed by atoms with Crippen LogP contribution in [0.25, 0.3) is 10.8 Å².